The first kappa shape index (κ1) is 16.7. The van der Waals surface area contributed by atoms with Crippen LogP contribution < -0.4 is 5.32 Å². The van der Waals surface area contributed by atoms with Crippen molar-refractivity contribution in [2.75, 3.05) is 0 Å². The van der Waals surface area contributed by atoms with Gasteiger partial charge in [-0.3, -0.25) is 4.79 Å². The number of carbonyl (C=O) groups excluding carboxylic acids is 1. The fraction of sp³-hybridized carbons (Fsp3) is 0.353. The Kier molecular flexibility index (Phi) is 5.16. The third-order valence-electron chi connectivity index (χ3n) is 3.66. The number of nitrogens with one attached hydrogen (secondary N) is 1. The fourth-order valence-corrected chi connectivity index (χ4v) is 2.43. The molecule has 6 heteroatoms. The van der Waals surface area contributed by atoms with E-state index in [0.717, 1.165) is 22.6 Å². The Morgan fingerprint density at radius 2 is 1.91 bits per heavy atom. The zero-order valence-corrected chi connectivity index (χ0v) is 13.4. The van der Waals surface area contributed by atoms with Gasteiger partial charge in [-0.25, -0.2) is 4.79 Å². The largest absolute Gasteiger partial charge is 0.478 e. The number of carbonyl (C=O) groups is 2. The number of benzene rings is 1. The molecule has 0 radical (unpaired) electrons. The van der Waals surface area contributed by atoms with Crippen LogP contribution >= 0.6 is 0 Å². The van der Waals surface area contributed by atoms with E-state index in [2.05, 4.69) is 10.5 Å². The maximum absolute atomic E-state index is 12.1. The Bertz CT molecular complexity index is 684. The maximum Gasteiger partial charge on any atom is 0.335 e. The summed E-state index contributed by atoms with van der Waals surface area (Å²) in [6, 6.07) is 6.26. The van der Waals surface area contributed by atoms with Gasteiger partial charge >= 0.3 is 5.97 Å². The molecule has 0 aliphatic heterocycles. The van der Waals surface area contributed by atoms with Gasteiger partial charge in [0.1, 0.15) is 5.76 Å². The van der Waals surface area contributed by atoms with E-state index in [1.165, 1.54) is 12.1 Å². The van der Waals surface area contributed by atoms with Crippen molar-refractivity contribution in [2.24, 2.45) is 0 Å². The second kappa shape index (κ2) is 7.09. The summed E-state index contributed by atoms with van der Waals surface area (Å²) in [5.41, 5.74) is 2.84. The van der Waals surface area contributed by atoms with E-state index in [4.69, 9.17) is 9.63 Å². The average Bonchev–Trinajstić information content (AvgIpc) is 2.79. The molecule has 0 saturated carbocycles. The highest BCUT2D eigenvalue weighted by Crippen LogP contribution is 2.14. The normalized spacial score (nSPS) is 12.0. The van der Waals surface area contributed by atoms with E-state index in [1.807, 2.05) is 20.8 Å². The van der Waals surface area contributed by atoms with Crippen molar-refractivity contribution in [1.29, 1.82) is 0 Å². The fourth-order valence-electron chi connectivity index (χ4n) is 2.43. The van der Waals surface area contributed by atoms with E-state index < -0.39 is 5.97 Å². The molecule has 1 amide bonds. The van der Waals surface area contributed by atoms with Gasteiger partial charge in [0.25, 0.3) is 0 Å². The quantitative estimate of drug-likeness (QED) is 0.853. The number of carboxylic acid groups (broad SMARTS) is 1. The number of carboxylic acids is 1. The first-order chi connectivity index (χ1) is 10.9. The minimum absolute atomic E-state index is 0.0439. The molecule has 6 nitrogen and oxygen atoms in total. The molecule has 23 heavy (non-hydrogen) atoms. The van der Waals surface area contributed by atoms with Crippen molar-refractivity contribution in [3.8, 4) is 0 Å². The number of nitrogens with zero attached hydrogens (tertiary/aromatic N) is 1. The van der Waals surface area contributed by atoms with E-state index in [-0.39, 0.29) is 23.9 Å². The minimum atomic E-state index is -0.978. The molecular formula is C17H20N2O4. The Labute approximate surface area is 134 Å². The summed E-state index contributed by atoms with van der Waals surface area (Å²) in [6.07, 6.45) is 0.872. The van der Waals surface area contributed by atoms with E-state index in [9.17, 15) is 9.59 Å². The van der Waals surface area contributed by atoms with Crippen molar-refractivity contribution < 1.29 is 19.2 Å². The highest BCUT2D eigenvalue weighted by atomic mass is 16.5. The molecule has 1 aromatic heterocycles. The van der Waals surface area contributed by atoms with Gasteiger partial charge in [-0.05, 0) is 44.9 Å². The number of amides is 1. The topological polar surface area (TPSA) is 92.4 Å². The van der Waals surface area contributed by atoms with Crippen molar-refractivity contribution in [1.82, 2.24) is 10.5 Å². The summed E-state index contributed by atoms with van der Waals surface area (Å²) in [4.78, 5) is 22.9. The Morgan fingerprint density at radius 3 is 2.43 bits per heavy atom. The Morgan fingerprint density at radius 1 is 1.26 bits per heavy atom. The summed E-state index contributed by atoms with van der Waals surface area (Å²) in [7, 11) is 0. The summed E-state index contributed by atoms with van der Waals surface area (Å²) in [5, 5.41) is 15.7. The second-order valence-corrected chi connectivity index (χ2v) is 5.65. The predicted molar refractivity (Wildman–Crippen MR) is 84.4 cm³/mol. The monoisotopic (exact) mass is 316 g/mol. The Hall–Kier alpha value is -2.63. The first-order valence-corrected chi connectivity index (χ1v) is 7.40. The van der Waals surface area contributed by atoms with Crippen LogP contribution in [0.5, 0.6) is 0 Å². The van der Waals surface area contributed by atoms with Gasteiger partial charge < -0.3 is 14.9 Å². The smallest absolute Gasteiger partial charge is 0.335 e. The van der Waals surface area contributed by atoms with Crippen LogP contribution in [0.15, 0.2) is 28.8 Å². The third kappa shape index (κ3) is 4.42. The van der Waals surface area contributed by atoms with Crippen molar-refractivity contribution in [3.05, 3.63) is 52.4 Å². The molecule has 0 bridgehead atoms. The molecule has 2 rings (SSSR count). The molecule has 122 valence electrons. The van der Waals surface area contributed by atoms with E-state index in [1.54, 1.807) is 12.1 Å². The molecule has 2 N–H and O–H groups in total. The number of rotatable bonds is 6. The van der Waals surface area contributed by atoms with Gasteiger partial charge in [0, 0.05) is 11.6 Å². The molecular weight excluding hydrogens is 296 g/mol. The molecule has 0 spiro atoms. The highest BCUT2D eigenvalue weighted by Gasteiger charge is 2.15. The lowest BCUT2D eigenvalue weighted by Gasteiger charge is -2.14. The molecule has 0 aliphatic carbocycles. The van der Waals surface area contributed by atoms with Crippen molar-refractivity contribution >= 4 is 11.9 Å². The lowest BCUT2D eigenvalue weighted by atomic mass is 10.0. The molecule has 0 aliphatic rings. The summed E-state index contributed by atoms with van der Waals surface area (Å²) in [5.74, 6) is -0.311. The SMILES string of the molecule is Cc1noc(C)c1CC(C)NC(=O)Cc1ccc(C(=O)O)cc1. The number of aryl methyl sites for hydroxylation is 2. The molecule has 0 saturated heterocycles. The zero-order valence-electron chi connectivity index (χ0n) is 13.4. The van der Waals surface area contributed by atoms with Gasteiger partial charge in [-0.15, -0.1) is 0 Å². The standard InChI is InChI=1S/C17H20N2O4/c1-10(8-15-11(2)19-23-12(15)3)18-16(20)9-13-4-6-14(7-5-13)17(21)22/h4-7,10H,8-9H2,1-3H3,(H,18,20)(H,21,22). The van der Waals surface area contributed by atoms with Crippen molar-refractivity contribution in [2.45, 2.75) is 39.7 Å². The Balaban J connectivity index is 1.90. The molecule has 1 heterocycles. The molecule has 1 aromatic carbocycles. The van der Waals surface area contributed by atoms with Crippen molar-refractivity contribution in [3.63, 3.8) is 0 Å². The summed E-state index contributed by atoms with van der Waals surface area (Å²) < 4.78 is 5.12. The van der Waals surface area contributed by atoms with Crippen LogP contribution in [0.4, 0.5) is 0 Å². The number of aromatic nitrogens is 1. The summed E-state index contributed by atoms with van der Waals surface area (Å²) >= 11 is 0. The van der Waals surface area contributed by atoms with Crippen LogP contribution in [0.2, 0.25) is 0 Å². The third-order valence-corrected chi connectivity index (χ3v) is 3.66. The van der Waals surface area contributed by atoms with Gasteiger partial charge in [-0.1, -0.05) is 17.3 Å². The van der Waals surface area contributed by atoms with E-state index in [0.29, 0.717) is 6.42 Å². The highest BCUT2D eigenvalue weighted by molar-refractivity contribution is 5.87. The average molecular weight is 316 g/mol. The van der Waals surface area contributed by atoms with Crippen LogP contribution in [0.25, 0.3) is 0 Å². The minimum Gasteiger partial charge on any atom is -0.478 e. The van der Waals surface area contributed by atoms with Crippen LogP contribution in [0.1, 0.15) is 39.9 Å². The molecule has 0 fully saturated rings. The van der Waals surface area contributed by atoms with Crippen LogP contribution in [0, 0.1) is 13.8 Å². The van der Waals surface area contributed by atoms with Gasteiger partial charge in [-0.2, -0.15) is 0 Å². The maximum atomic E-state index is 12.1. The lowest BCUT2D eigenvalue weighted by molar-refractivity contribution is -0.121. The lowest BCUT2D eigenvalue weighted by Crippen LogP contribution is -2.35. The number of hydrogen-bond acceptors (Lipinski definition) is 4. The molecule has 1 unspecified atom stereocenters. The number of hydrogen-bond donors (Lipinski definition) is 2. The summed E-state index contributed by atoms with van der Waals surface area (Å²) in [6.45, 7) is 5.66. The van der Waals surface area contributed by atoms with Gasteiger partial charge in [0.15, 0.2) is 0 Å². The van der Waals surface area contributed by atoms with Crippen LogP contribution in [-0.4, -0.2) is 28.2 Å². The van der Waals surface area contributed by atoms with Gasteiger partial charge in [0.2, 0.25) is 5.91 Å². The van der Waals surface area contributed by atoms with E-state index >= 15 is 0 Å². The zero-order chi connectivity index (χ0) is 17.0. The molecule has 2 aromatic rings. The van der Waals surface area contributed by atoms with Gasteiger partial charge in [0.05, 0.1) is 17.7 Å². The number of aromatic carboxylic acids is 1. The van der Waals surface area contributed by atoms with Crippen LogP contribution in [0.3, 0.4) is 0 Å². The van der Waals surface area contributed by atoms with Crippen LogP contribution in [-0.2, 0) is 17.6 Å². The predicted octanol–water partition coefficient (Wildman–Crippen LogP) is 2.28. The first-order valence-electron chi connectivity index (χ1n) is 7.40. The molecule has 1 atom stereocenters. The second-order valence-electron chi connectivity index (χ2n) is 5.65.